The van der Waals surface area contributed by atoms with Crippen LogP contribution in [-0.2, 0) is 13.1 Å². The molecule has 0 saturated heterocycles. The van der Waals surface area contributed by atoms with E-state index in [9.17, 15) is 9.59 Å². The molecular weight excluding hydrogens is 436 g/mol. The molecule has 1 heterocycles. The van der Waals surface area contributed by atoms with E-state index in [0.29, 0.717) is 17.5 Å². The molecule has 0 spiro atoms. The van der Waals surface area contributed by atoms with Crippen LogP contribution in [0.3, 0.4) is 0 Å². The van der Waals surface area contributed by atoms with E-state index < -0.39 is 0 Å². The number of likely N-dealkylation sites (N-methyl/N-ethyl adjacent to an activating group) is 2. The maximum Gasteiger partial charge on any atom is 0.258 e. The second-order valence-corrected chi connectivity index (χ2v) is 10.4. The summed E-state index contributed by atoms with van der Waals surface area (Å²) < 4.78 is 1.93. The minimum absolute atomic E-state index is 0.00986. The van der Waals surface area contributed by atoms with E-state index in [1.807, 2.05) is 41.9 Å². The number of carbonyl (C=O) groups is 1. The predicted molar refractivity (Wildman–Crippen MR) is 142 cm³/mol. The van der Waals surface area contributed by atoms with Crippen molar-refractivity contribution in [3.8, 4) is 11.1 Å². The van der Waals surface area contributed by atoms with E-state index in [0.717, 1.165) is 66.5 Å². The number of nitrogens with one attached hydrogen (secondary N) is 2. The van der Waals surface area contributed by atoms with Gasteiger partial charge in [-0.25, -0.2) is 0 Å². The Morgan fingerprint density at radius 2 is 1.89 bits per heavy atom. The van der Waals surface area contributed by atoms with Crippen molar-refractivity contribution in [1.82, 2.24) is 20.1 Å². The summed E-state index contributed by atoms with van der Waals surface area (Å²) in [5.74, 6) is 0.621. The van der Waals surface area contributed by atoms with Gasteiger partial charge in [0.2, 0.25) is 0 Å². The number of hydrogen-bond donors (Lipinski definition) is 2. The summed E-state index contributed by atoms with van der Waals surface area (Å²) in [6.45, 7) is 5.49. The topological polar surface area (TPSA) is 66.4 Å². The molecule has 1 amide bonds. The Hall–Kier alpha value is -2.96. The number of benzene rings is 2. The number of rotatable bonds is 10. The highest BCUT2D eigenvalue weighted by Gasteiger charge is 2.25. The van der Waals surface area contributed by atoms with Crippen LogP contribution in [0, 0.1) is 12.8 Å². The number of aryl methyl sites for hydroxylation is 1. The maximum atomic E-state index is 13.4. The third-order valence-corrected chi connectivity index (χ3v) is 7.23. The Kier molecular flexibility index (Phi) is 6.76. The highest BCUT2D eigenvalue weighted by atomic mass is 16.1. The van der Waals surface area contributed by atoms with Gasteiger partial charge in [-0.05, 0) is 105 Å². The first kappa shape index (κ1) is 23.8. The molecule has 6 heteroatoms. The lowest BCUT2D eigenvalue weighted by Crippen LogP contribution is -2.28. The molecule has 2 fully saturated rings. The quantitative estimate of drug-likeness (QED) is 0.469. The van der Waals surface area contributed by atoms with Crippen LogP contribution < -0.4 is 16.2 Å². The number of pyridine rings is 1. The predicted octanol–water partition coefficient (Wildman–Crippen LogP) is 3.93. The molecule has 0 radical (unpaired) electrons. The van der Waals surface area contributed by atoms with Crippen LogP contribution in [0.4, 0.5) is 0 Å². The van der Waals surface area contributed by atoms with Crippen molar-refractivity contribution in [3.63, 3.8) is 0 Å². The van der Waals surface area contributed by atoms with E-state index in [1.54, 1.807) is 0 Å². The van der Waals surface area contributed by atoms with Crippen molar-refractivity contribution in [2.24, 2.45) is 5.92 Å². The van der Waals surface area contributed by atoms with Crippen LogP contribution in [0.1, 0.15) is 47.2 Å². The molecule has 6 nitrogen and oxygen atoms in total. The monoisotopic (exact) mass is 472 g/mol. The summed E-state index contributed by atoms with van der Waals surface area (Å²) in [4.78, 5) is 28.3. The Morgan fingerprint density at radius 1 is 1.09 bits per heavy atom. The molecule has 5 rings (SSSR count). The molecule has 2 aliphatic rings. The van der Waals surface area contributed by atoms with Crippen molar-refractivity contribution in [3.05, 3.63) is 69.6 Å². The fourth-order valence-corrected chi connectivity index (χ4v) is 4.72. The molecule has 0 bridgehead atoms. The summed E-state index contributed by atoms with van der Waals surface area (Å²) in [7, 11) is 4.09. The van der Waals surface area contributed by atoms with Crippen LogP contribution in [-0.4, -0.2) is 48.6 Å². The van der Waals surface area contributed by atoms with Gasteiger partial charge in [0.25, 0.3) is 11.5 Å². The van der Waals surface area contributed by atoms with Crippen LogP contribution >= 0.6 is 0 Å². The molecule has 3 aromatic rings. The minimum Gasteiger partial charge on any atom is -0.349 e. The minimum atomic E-state index is -0.00986. The van der Waals surface area contributed by atoms with E-state index in [2.05, 4.69) is 41.8 Å². The molecule has 35 heavy (non-hydrogen) atoms. The summed E-state index contributed by atoms with van der Waals surface area (Å²) in [5.41, 5.74) is 5.13. The fraction of sp³-hybridized carbons (Fsp3) is 0.448. The molecular formula is C29H36N4O2. The van der Waals surface area contributed by atoms with Crippen LogP contribution in [0.5, 0.6) is 0 Å². The Morgan fingerprint density at radius 3 is 2.60 bits per heavy atom. The first-order valence-electron chi connectivity index (χ1n) is 12.8. The summed E-state index contributed by atoms with van der Waals surface area (Å²) in [5, 5.41) is 8.07. The number of aromatic nitrogens is 1. The van der Waals surface area contributed by atoms with Gasteiger partial charge in [-0.2, -0.15) is 0 Å². The summed E-state index contributed by atoms with van der Waals surface area (Å²) in [6.07, 6.45) is 6.64. The number of carbonyl (C=O) groups excluding carboxylic acids is 1. The molecule has 2 aromatic carbocycles. The van der Waals surface area contributed by atoms with E-state index in [4.69, 9.17) is 0 Å². The number of fused-ring (bicyclic) bond motifs is 1. The van der Waals surface area contributed by atoms with Crippen molar-refractivity contribution in [1.29, 1.82) is 0 Å². The highest BCUT2D eigenvalue weighted by molar-refractivity contribution is 5.97. The second-order valence-electron chi connectivity index (χ2n) is 10.4. The zero-order chi connectivity index (χ0) is 24.5. The van der Waals surface area contributed by atoms with E-state index >= 15 is 0 Å². The second kappa shape index (κ2) is 9.96. The molecule has 0 atom stereocenters. The largest absolute Gasteiger partial charge is 0.349 e. The van der Waals surface area contributed by atoms with E-state index in [1.165, 1.54) is 18.4 Å². The Bertz CT molecular complexity index is 1300. The Labute approximate surface area is 207 Å². The van der Waals surface area contributed by atoms with Crippen molar-refractivity contribution >= 4 is 16.7 Å². The van der Waals surface area contributed by atoms with Crippen LogP contribution in [0.15, 0.2) is 47.4 Å². The van der Waals surface area contributed by atoms with Gasteiger partial charge in [-0.3, -0.25) is 9.59 Å². The molecule has 0 aliphatic heterocycles. The van der Waals surface area contributed by atoms with Gasteiger partial charge in [0.15, 0.2) is 0 Å². The lowest BCUT2D eigenvalue weighted by atomic mass is 9.95. The first-order valence-corrected chi connectivity index (χ1v) is 12.8. The van der Waals surface area contributed by atoms with Gasteiger partial charge in [0, 0.05) is 49.4 Å². The average Bonchev–Trinajstić information content (AvgIpc) is 3.78. The SMILES string of the molecule is CNCCN(C)Cc1cn(CC2CC2)c(=O)c2ccc(-c3cc(C(=O)NC4CC4)ccc3C)cc12. The molecule has 2 aliphatic carbocycles. The van der Waals surface area contributed by atoms with Gasteiger partial charge in [-0.1, -0.05) is 12.1 Å². The highest BCUT2D eigenvalue weighted by Crippen LogP contribution is 2.32. The molecule has 184 valence electrons. The lowest BCUT2D eigenvalue weighted by molar-refractivity contribution is 0.0951. The summed E-state index contributed by atoms with van der Waals surface area (Å²) in [6, 6.07) is 12.4. The van der Waals surface area contributed by atoms with Gasteiger partial charge < -0.3 is 20.1 Å². The zero-order valence-corrected chi connectivity index (χ0v) is 21.1. The molecule has 0 unspecified atom stereocenters. The van der Waals surface area contributed by atoms with Gasteiger partial charge in [-0.15, -0.1) is 0 Å². The van der Waals surface area contributed by atoms with E-state index in [-0.39, 0.29) is 11.5 Å². The van der Waals surface area contributed by atoms with Gasteiger partial charge in [0.1, 0.15) is 0 Å². The lowest BCUT2D eigenvalue weighted by Gasteiger charge is -2.20. The molecule has 1 aromatic heterocycles. The van der Waals surface area contributed by atoms with Crippen molar-refractivity contribution < 1.29 is 4.79 Å². The van der Waals surface area contributed by atoms with Crippen molar-refractivity contribution in [2.45, 2.75) is 51.7 Å². The van der Waals surface area contributed by atoms with Crippen LogP contribution in [0.25, 0.3) is 21.9 Å². The number of hydrogen-bond acceptors (Lipinski definition) is 4. The molecule has 2 saturated carbocycles. The van der Waals surface area contributed by atoms with Crippen LogP contribution in [0.2, 0.25) is 0 Å². The normalized spacial score (nSPS) is 15.7. The Balaban J connectivity index is 1.55. The average molecular weight is 473 g/mol. The van der Waals surface area contributed by atoms with Crippen molar-refractivity contribution in [2.75, 3.05) is 27.2 Å². The fourth-order valence-electron chi connectivity index (χ4n) is 4.72. The zero-order valence-electron chi connectivity index (χ0n) is 21.1. The standard InChI is InChI=1S/C29H36N4O2/c1-19-4-7-22(28(34)31-24-9-10-24)15-26(19)21-8-11-25-27(14-21)23(17-32(3)13-12-30-2)18-33(29(25)35)16-20-5-6-20/h4,7-8,11,14-15,18,20,24,30H,5-6,9-10,12-13,16-17H2,1-3H3,(H,31,34). The maximum absolute atomic E-state index is 13.4. The summed E-state index contributed by atoms with van der Waals surface area (Å²) >= 11 is 0. The van der Waals surface area contributed by atoms with Gasteiger partial charge in [0.05, 0.1) is 0 Å². The number of nitrogens with zero attached hydrogens (tertiary/aromatic N) is 2. The first-order chi connectivity index (χ1) is 16.9. The van der Waals surface area contributed by atoms with Gasteiger partial charge >= 0.3 is 0 Å². The third kappa shape index (κ3) is 5.49. The third-order valence-electron chi connectivity index (χ3n) is 7.23. The smallest absolute Gasteiger partial charge is 0.258 e. The number of amides is 1. The molecule has 2 N–H and O–H groups in total.